The summed E-state index contributed by atoms with van der Waals surface area (Å²) in [6.45, 7) is 0. The number of aromatic nitrogens is 3. The van der Waals surface area contributed by atoms with Crippen molar-refractivity contribution in [3.8, 4) is 0 Å². The Morgan fingerprint density at radius 3 is 2.57 bits per heavy atom. The Labute approximate surface area is 68.1 Å². The fraction of sp³-hybridized carbons (Fsp3) is 0. The highest BCUT2D eigenvalue weighted by atomic mass is 127. The lowest BCUT2D eigenvalue weighted by Crippen LogP contribution is -1.81. The van der Waals surface area contributed by atoms with E-state index in [1.54, 1.807) is 9.09 Å². The highest BCUT2D eigenvalue weighted by Gasteiger charge is 1.90. The van der Waals surface area contributed by atoms with Crippen LogP contribution in [0.2, 0.25) is 0 Å². The summed E-state index contributed by atoms with van der Waals surface area (Å²) in [6.07, 6.45) is 1.70. The summed E-state index contributed by atoms with van der Waals surface area (Å²) in [4.78, 5) is 0. The minimum Gasteiger partial charge on any atom is -0.178 e. The molecule has 0 aliphatic rings. The van der Waals surface area contributed by atoms with E-state index in [4.69, 9.17) is 0 Å². The first-order chi connectivity index (χ1) is 3.30. The lowest BCUT2D eigenvalue weighted by atomic mass is 11.0. The normalized spacial score (nSPS) is 9.43. The highest BCUT2D eigenvalue weighted by molar-refractivity contribution is 14.1. The molecule has 1 heterocycles. The van der Waals surface area contributed by atoms with Gasteiger partial charge in [0, 0.05) is 0 Å². The van der Waals surface area contributed by atoms with E-state index in [9.17, 15) is 0 Å². The van der Waals surface area contributed by atoms with Gasteiger partial charge in [-0.1, -0.05) is 5.21 Å². The number of rotatable bonds is 0. The Hall–Kier alpha value is 0.600. The molecule has 0 aliphatic carbocycles. The standard InChI is InChI=1S/C2HI2N3/c3-2-1-5-6-7(2)4/h1H. The van der Waals surface area contributed by atoms with Crippen molar-refractivity contribution >= 4 is 45.5 Å². The number of nitrogens with zero attached hydrogens (tertiary/aromatic N) is 3. The molecule has 0 bridgehead atoms. The van der Waals surface area contributed by atoms with Crippen molar-refractivity contribution < 1.29 is 0 Å². The van der Waals surface area contributed by atoms with Gasteiger partial charge in [-0.05, 0) is 22.6 Å². The summed E-state index contributed by atoms with van der Waals surface area (Å²) in [7, 11) is 0. The molecule has 1 rings (SSSR count). The number of hydrogen-bond donors (Lipinski definition) is 0. The maximum absolute atomic E-state index is 3.66. The van der Waals surface area contributed by atoms with Crippen molar-refractivity contribution in [1.29, 1.82) is 0 Å². The molecule has 0 aromatic carbocycles. The van der Waals surface area contributed by atoms with Crippen molar-refractivity contribution in [3.63, 3.8) is 0 Å². The third kappa shape index (κ3) is 1.24. The fourth-order valence-electron chi connectivity index (χ4n) is 0.209. The van der Waals surface area contributed by atoms with Crippen LogP contribution in [0.5, 0.6) is 0 Å². The van der Waals surface area contributed by atoms with E-state index in [0.717, 1.165) is 3.70 Å². The highest BCUT2D eigenvalue weighted by Crippen LogP contribution is 2.02. The van der Waals surface area contributed by atoms with Gasteiger partial charge < -0.3 is 0 Å². The summed E-state index contributed by atoms with van der Waals surface area (Å²) in [5.74, 6) is 0. The Kier molecular flexibility index (Phi) is 1.84. The van der Waals surface area contributed by atoms with E-state index >= 15 is 0 Å². The molecule has 1 aromatic heterocycles. The van der Waals surface area contributed by atoms with Gasteiger partial charge in [-0.15, -0.1) is 5.10 Å². The second-order valence-electron chi connectivity index (χ2n) is 0.917. The molecule has 7 heavy (non-hydrogen) atoms. The summed E-state index contributed by atoms with van der Waals surface area (Å²) >= 11 is 4.21. The fourth-order valence-corrected chi connectivity index (χ4v) is 0.666. The predicted octanol–water partition coefficient (Wildman–Crippen LogP) is 1.08. The quantitative estimate of drug-likeness (QED) is 0.670. The van der Waals surface area contributed by atoms with E-state index in [0.29, 0.717) is 0 Å². The number of hydrogen-bond acceptors (Lipinski definition) is 2. The zero-order valence-electron chi connectivity index (χ0n) is 3.17. The van der Waals surface area contributed by atoms with Gasteiger partial charge in [-0.3, -0.25) is 0 Å². The zero-order valence-corrected chi connectivity index (χ0v) is 7.49. The minimum absolute atomic E-state index is 1.04. The smallest absolute Gasteiger partial charge is 0.131 e. The second-order valence-corrected chi connectivity index (χ2v) is 2.94. The van der Waals surface area contributed by atoms with Gasteiger partial charge in [-0.25, -0.2) is 0 Å². The third-order valence-corrected chi connectivity index (χ3v) is 2.84. The van der Waals surface area contributed by atoms with Gasteiger partial charge in [0.05, 0.1) is 29.1 Å². The lowest BCUT2D eigenvalue weighted by molar-refractivity contribution is 0.911. The van der Waals surface area contributed by atoms with Crippen LogP contribution in [0.4, 0.5) is 0 Å². The van der Waals surface area contributed by atoms with Crippen LogP contribution < -0.4 is 0 Å². The summed E-state index contributed by atoms with van der Waals surface area (Å²) < 4.78 is 2.72. The van der Waals surface area contributed by atoms with Crippen LogP contribution in [-0.4, -0.2) is 13.2 Å². The van der Waals surface area contributed by atoms with E-state index in [2.05, 4.69) is 55.8 Å². The molecule has 0 spiro atoms. The van der Waals surface area contributed by atoms with Crippen LogP contribution in [0.15, 0.2) is 6.20 Å². The Morgan fingerprint density at radius 2 is 2.43 bits per heavy atom. The molecule has 0 saturated carbocycles. The third-order valence-electron chi connectivity index (χ3n) is 0.471. The van der Waals surface area contributed by atoms with E-state index in [-0.39, 0.29) is 0 Å². The topological polar surface area (TPSA) is 30.7 Å². The molecule has 5 heteroatoms. The van der Waals surface area contributed by atoms with Gasteiger partial charge in [0.2, 0.25) is 0 Å². The van der Waals surface area contributed by atoms with Crippen LogP contribution in [0.1, 0.15) is 0 Å². The minimum atomic E-state index is 1.04. The van der Waals surface area contributed by atoms with Gasteiger partial charge in [-0.2, -0.15) is 2.90 Å². The van der Waals surface area contributed by atoms with E-state index in [1.165, 1.54) is 0 Å². The molecule has 0 saturated heterocycles. The van der Waals surface area contributed by atoms with Crippen molar-refractivity contribution in [2.24, 2.45) is 0 Å². The Morgan fingerprint density at radius 1 is 1.71 bits per heavy atom. The van der Waals surface area contributed by atoms with Crippen LogP contribution in [0, 0.1) is 3.70 Å². The van der Waals surface area contributed by atoms with Crippen LogP contribution >= 0.6 is 45.5 Å². The molecule has 0 atom stereocenters. The van der Waals surface area contributed by atoms with Crippen LogP contribution in [-0.2, 0) is 0 Å². The zero-order chi connectivity index (χ0) is 5.28. The molecule has 0 N–H and O–H groups in total. The molecule has 0 radical (unpaired) electrons. The van der Waals surface area contributed by atoms with Gasteiger partial charge >= 0.3 is 0 Å². The molecule has 38 valence electrons. The van der Waals surface area contributed by atoms with Crippen molar-refractivity contribution in [1.82, 2.24) is 13.2 Å². The number of halogens is 2. The lowest BCUT2D eigenvalue weighted by Gasteiger charge is -1.78. The first-order valence-electron chi connectivity index (χ1n) is 1.53. The summed E-state index contributed by atoms with van der Waals surface area (Å²) in [5, 5.41) is 7.28. The van der Waals surface area contributed by atoms with Crippen LogP contribution in [0.3, 0.4) is 0 Å². The monoisotopic (exact) mass is 321 g/mol. The first-order valence-corrected chi connectivity index (χ1v) is 3.57. The SMILES string of the molecule is Ic1cnnn1I. The molecule has 0 unspecified atom stereocenters. The molecule has 1 aromatic rings. The average Bonchev–Trinajstić information content (AvgIpc) is 1.91. The second kappa shape index (κ2) is 2.25. The molecule has 0 fully saturated rings. The van der Waals surface area contributed by atoms with Gasteiger partial charge in [0.15, 0.2) is 0 Å². The van der Waals surface area contributed by atoms with Gasteiger partial charge in [0.25, 0.3) is 0 Å². The van der Waals surface area contributed by atoms with Crippen molar-refractivity contribution in [2.75, 3.05) is 0 Å². The van der Waals surface area contributed by atoms with Crippen molar-refractivity contribution in [2.45, 2.75) is 0 Å². The van der Waals surface area contributed by atoms with Crippen LogP contribution in [0.25, 0.3) is 0 Å². The van der Waals surface area contributed by atoms with Crippen molar-refractivity contribution in [3.05, 3.63) is 9.90 Å². The average molecular weight is 321 g/mol. The Bertz CT molecular complexity index is 143. The predicted molar refractivity (Wildman–Crippen MR) is 42.2 cm³/mol. The molecule has 0 amide bonds. The first kappa shape index (κ1) is 5.73. The summed E-state index contributed by atoms with van der Waals surface area (Å²) in [5.41, 5.74) is 0. The molecular formula is C2HI2N3. The molecule has 0 aliphatic heterocycles. The Balaban J connectivity index is 3.12. The van der Waals surface area contributed by atoms with E-state index < -0.39 is 0 Å². The summed E-state index contributed by atoms with van der Waals surface area (Å²) in [6, 6.07) is 0. The molecule has 3 nitrogen and oxygen atoms in total. The molecular weight excluding hydrogens is 320 g/mol. The largest absolute Gasteiger partial charge is 0.178 e. The van der Waals surface area contributed by atoms with E-state index in [1.807, 2.05) is 0 Å². The maximum atomic E-state index is 3.66. The van der Waals surface area contributed by atoms with Gasteiger partial charge in [0.1, 0.15) is 3.70 Å². The maximum Gasteiger partial charge on any atom is 0.131 e.